The molecule has 0 aliphatic rings. The fourth-order valence-corrected chi connectivity index (χ4v) is 4.31. The summed E-state index contributed by atoms with van der Waals surface area (Å²) in [7, 11) is 0. The number of aromatic nitrogens is 3. The van der Waals surface area contributed by atoms with Crippen LogP contribution in [0.25, 0.3) is 22.4 Å². The highest BCUT2D eigenvalue weighted by molar-refractivity contribution is 7.12. The van der Waals surface area contributed by atoms with Crippen molar-refractivity contribution in [3.63, 3.8) is 0 Å². The average molecular weight is 417 g/mol. The molecule has 4 heterocycles. The second kappa shape index (κ2) is 7.35. The van der Waals surface area contributed by atoms with Crippen molar-refractivity contribution in [2.75, 3.05) is 5.32 Å². The topological polar surface area (TPSA) is 75.8 Å². The Kier molecular flexibility index (Phi) is 4.52. The Morgan fingerprint density at radius 3 is 2.77 bits per heavy atom. The third kappa shape index (κ3) is 3.13. The lowest BCUT2D eigenvalue weighted by molar-refractivity contribution is 0.102. The number of imidazole rings is 1. The van der Waals surface area contributed by atoms with Gasteiger partial charge in [-0.2, -0.15) is 0 Å². The van der Waals surface area contributed by atoms with Crippen LogP contribution in [0.4, 0.5) is 5.82 Å². The maximum atomic E-state index is 12.9. The molecule has 1 aromatic carbocycles. The SMILES string of the molecule is Cc1c(-c2nc3ccccc3[nH]2)c(NC(=O)c2cccs2)n(Cc2ccco2)c1C. The van der Waals surface area contributed by atoms with Crippen molar-refractivity contribution in [3.05, 3.63) is 82.1 Å². The Balaban J connectivity index is 1.67. The quantitative estimate of drug-likeness (QED) is 0.391. The predicted molar refractivity (Wildman–Crippen MR) is 119 cm³/mol. The van der Waals surface area contributed by atoms with E-state index in [9.17, 15) is 4.79 Å². The van der Waals surface area contributed by atoms with Crippen LogP contribution in [0, 0.1) is 13.8 Å². The van der Waals surface area contributed by atoms with E-state index in [2.05, 4.69) is 21.8 Å². The largest absolute Gasteiger partial charge is 0.467 e. The van der Waals surface area contributed by atoms with Crippen LogP contribution in [0.5, 0.6) is 0 Å². The van der Waals surface area contributed by atoms with Crippen molar-refractivity contribution in [2.45, 2.75) is 20.4 Å². The summed E-state index contributed by atoms with van der Waals surface area (Å²) in [5.74, 6) is 2.12. The van der Waals surface area contributed by atoms with Crippen LogP contribution in [0.15, 0.2) is 64.6 Å². The van der Waals surface area contributed by atoms with Crippen LogP contribution >= 0.6 is 11.3 Å². The standard InChI is InChI=1S/C23H20N4O2S/c1-14-15(2)27(13-16-7-5-11-29-16)22(26-23(28)19-10-6-12-30-19)20(14)21-24-17-8-3-4-9-18(17)25-21/h3-12H,13H2,1-2H3,(H,24,25)(H,26,28). The van der Waals surface area contributed by atoms with Crippen molar-refractivity contribution < 1.29 is 9.21 Å². The van der Waals surface area contributed by atoms with Gasteiger partial charge in [0.25, 0.3) is 5.91 Å². The van der Waals surface area contributed by atoms with Crippen LogP contribution in [-0.4, -0.2) is 20.4 Å². The molecule has 0 spiro atoms. The molecule has 150 valence electrons. The van der Waals surface area contributed by atoms with E-state index in [0.29, 0.717) is 17.2 Å². The number of hydrogen-bond acceptors (Lipinski definition) is 4. The number of nitrogens with one attached hydrogen (secondary N) is 2. The molecule has 5 aromatic rings. The van der Waals surface area contributed by atoms with Gasteiger partial charge in [-0.3, -0.25) is 4.79 Å². The van der Waals surface area contributed by atoms with Gasteiger partial charge in [-0.05, 0) is 55.1 Å². The number of benzene rings is 1. The van der Waals surface area contributed by atoms with Gasteiger partial charge in [0.2, 0.25) is 0 Å². The van der Waals surface area contributed by atoms with E-state index in [0.717, 1.165) is 39.4 Å². The summed E-state index contributed by atoms with van der Waals surface area (Å²) in [5.41, 5.74) is 4.84. The second-order valence-corrected chi connectivity index (χ2v) is 8.08. The highest BCUT2D eigenvalue weighted by Crippen LogP contribution is 2.36. The fourth-order valence-electron chi connectivity index (χ4n) is 3.69. The van der Waals surface area contributed by atoms with Crippen molar-refractivity contribution in [2.24, 2.45) is 0 Å². The molecule has 0 aliphatic heterocycles. The Bertz CT molecular complexity index is 1290. The van der Waals surface area contributed by atoms with Gasteiger partial charge >= 0.3 is 0 Å². The number of para-hydroxylation sites is 2. The molecule has 4 aromatic heterocycles. The van der Waals surface area contributed by atoms with E-state index in [1.165, 1.54) is 11.3 Å². The molecule has 30 heavy (non-hydrogen) atoms. The van der Waals surface area contributed by atoms with E-state index in [1.54, 1.807) is 6.26 Å². The minimum atomic E-state index is -0.138. The molecule has 0 aliphatic carbocycles. The number of aromatic amines is 1. The van der Waals surface area contributed by atoms with Crippen molar-refractivity contribution in [1.29, 1.82) is 0 Å². The second-order valence-electron chi connectivity index (χ2n) is 7.13. The maximum absolute atomic E-state index is 12.9. The first-order chi connectivity index (χ1) is 14.6. The number of rotatable bonds is 5. The molecule has 6 nitrogen and oxygen atoms in total. The number of hydrogen-bond donors (Lipinski definition) is 2. The molecule has 0 atom stereocenters. The molecule has 2 N–H and O–H groups in total. The molecule has 0 saturated heterocycles. The number of anilines is 1. The van der Waals surface area contributed by atoms with Gasteiger partial charge in [0.15, 0.2) is 0 Å². The summed E-state index contributed by atoms with van der Waals surface area (Å²) in [4.78, 5) is 21.8. The number of amides is 1. The minimum Gasteiger partial charge on any atom is -0.467 e. The monoisotopic (exact) mass is 416 g/mol. The molecular weight excluding hydrogens is 396 g/mol. The summed E-state index contributed by atoms with van der Waals surface area (Å²) < 4.78 is 7.64. The van der Waals surface area contributed by atoms with Crippen LogP contribution in [0.1, 0.15) is 26.7 Å². The number of fused-ring (bicyclic) bond motifs is 1. The number of carbonyl (C=O) groups excluding carboxylic acids is 1. The number of H-pyrrole nitrogens is 1. The normalized spacial score (nSPS) is 11.3. The summed E-state index contributed by atoms with van der Waals surface area (Å²) in [6, 6.07) is 15.4. The van der Waals surface area contributed by atoms with Gasteiger partial charge in [-0.25, -0.2) is 4.98 Å². The first-order valence-corrected chi connectivity index (χ1v) is 10.5. The first-order valence-electron chi connectivity index (χ1n) is 9.64. The molecule has 7 heteroatoms. The highest BCUT2D eigenvalue weighted by Gasteiger charge is 2.24. The lowest BCUT2D eigenvalue weighted by Gasteiger charge is -2.12. The number of thiophene rings is 1. The lowest BCUT2D eigenvalue weighted by Crippen LogP contribution is -2.15. The van der Waals surface area contributed by atoms with Crippen LogP contribution in [0.2, 0.25) is 0 Å². The molecule has 1 amide bonds. The number of furan rings is 1. The van der Waals surface area contributed by atoms with E-state index in [1.807, 2.05) is 60.8 Å². The van der Waals surface area contributed by atoms with Crippen LogP contribution < -0.4 is 5.32 Å². The lowest BCUT2D eigenvalue weighted by atomic mass is 10.1. The zero-order chi connectivity index (χ0) is 20.7. The van der Waals surface area contributed by atoms with Crippen molar-refractivity contribution in [1.82, 2.24) is 14.5 Å². The molecule has 0 radical (unpaired) electrons. The highest BCUT2D eigenvalue weighted by atomic mass is 32.1. The summed E-state index contributed by atoms with van der Waals surface area (Å²) >= 11 is 1.41. The smallest absolute Gasteiger partial charge is 0.266 e. The third-order valence-electron chi connectivity index (χ3n) is 5.33. The van der Waals surface area contributed by atoms with E-state index in [-0.39, 0.29) is 5.91 Å². The van der Waals surface area contributed by atoms with Gasteiger partial charge < -0.3 is 19.3 Å². The van der Waals surface area contributed by atoms with Crippen molar-refractivity contribution >= 4 is 34.1 Å². The predicted octanol–water partition coefficient (Wildman–Crippen LogP) is 5.60. The first kappa shape index (κ1) is 18.4. The molecule has 0 fully saturated rings. The zero-order valence-electron chi connectivity index (χ0n) is 16.6. The van der Waals surface area contributed by atoms with E-state index < -0.39 is 0 Å². The number of nitrogens with zero attached hydrogens (tertiary/aromatic N) is 2. The van der Waals surface area contributed by atoms with Gasteiger partial charge in [-0.15, -0.1) is 11.3 Å². The average Bonchev–Trinajstić information content (AvgIpc) is 3.53. The molecule has 0 bridgehead atoms. The van der Waals surface area contributed by atoms with E-state index in [4.69, 9.17) is 9.40 Å². The summed E-state index contributed by atoms with van der Waals surface area (Å²) in [6.45, 7) is 4.61. The van der Waals surface area contributed by atoms with Crippen molar-refractivity contribution in [3.8, 4) is 11.4 Å². The Morgan fingerprint density at radius 1 is 1.17 bits per heavy atom. The minimum absolute atomic E-state index is 0.138. The Hall–Kier alpha value is -3.58. The molecule has 0 unspecified atom stereocenters. The molecule has 5 rings (SSSR count). The van der Waals surface area contributed by atoms with Gasteiger partial charge in [0.1, 0.15) is 17.4 Å². The van der Waals surface area contributed by atoms with Gasteiger partial charge in [-0.1, -0.05) is 18.2 Å². The summed E-state index contributed by atoms with van der Waals surface area (Å²) in [5, 5.41) is 5.03. The van der Waals surface area contributed by atoms with Crippen LogP contribution in [0.3, 0.4) is 0 Å². The number of carbonyl (C=O) groups is 1. The zero-order valence-corrected chi connectivity index (χ0v) is 17.4. The fraction of sp³-hybridized carbons (Fsp3) is 0.130. The molecular formula is C23H20N4O2S. The van der Waals surface area contributed by atoms with Gasteiger partial charge in [0.05, 0.1) is 34.3 Å². The summed E-state index contributed by atoms with van der Waals surface area (Å²) in [6.07, 6.45) is 1.66. The maximum Gasteiger partial charge on any atom is 0.266 e. The van der Waals surface area contributed by atoms with Gasteiger partial charge in [0, 0.05) is 5.69 Å². The Morgan fingerprint density at radius 2 is 2.03 bits per heavy atom. The third-order valence-corrected chi connectivity index (χ3v) is 6.20. The Labute approximate surface area is 177 Å². The van der Waals surface area contributed by atoms with E-state index >= 15 is 0 Å². The van der Waals surface area contributed by atoms with Crippen LogP contribution in [-0.2, 0) is 6.54 Å². The molecule has 0 saturated carbocycles.